The average Bonchev–Trinajstić information content (AvgIpc) is 2.17. The van der Waals surface area contributed by atoms with Gasteiger partial charge in [-0.2, -0.15) is 0 Å². The zero-order chi connectivity index (χ0) is 10.4. The van der Waals surface area contributed by atoms with Crippen molar-refractivity contribution in [2.45, 2.75) is 19.8 Å². The lowest BCUT2D eigenvalue weighted by Crippen LogP contribution is -2.05. The number of ether oxygens (including phenoxy) is 1. The van der Waals surface area contributed by atoms with Crippen molar-refractivity contribution in [1.29, 1.82) is 0 Å². The Kier molecular flexibility index (Phi) is 4.47. The monoisotopic (exact) mass is 212 g/mol. The van der Waals surface area contributed by atoms with Gasteiger partial charge in [-0.3, -0.25) is 4.79 Å². The topological polar surface area (TPSA) is 26.3 Å². The van der Waals surface area contributed by atoms with Gasteiger partial charge < -0.3 is 4.74 Å². The molecular formula is C11H13ClO2. The minimum Gasteiger partial charge on any atom is -0.465 e. The Labute approximate surface area is 88.8 Å². The standard InChI is InChI=1S/C11H13ClO2/c1-2-11(13)14-7-6-9-4-3-5-10(12)8-9/h3-5,8H,2,6-7H2,1H3. The Morgan fingerprint density at radius 1 is 1.50 bits per heavy atom. The lowest BCUT2D eigenvalue weighted by molar-refractivity contribution is -0.143. The van der Waals surface area contributed by atoms with Crippen LogP contribution in [0, 0.1) is 0 Å². The zero-order valence-corrected chi connectivity index (χ0v) is 8.88. The minimum absolute atomic E-state index is 0.160. The number of carbonyl (C=O) groups excluding carboxylic acids is 1. The molecule has 0 heterocycles. The third-order valence-corrected chi connectivity index (χ3v) is 2.07. The van der Waals surface area contributed by atoms with Gasteiger partial charge in [0.2, 0.25) is 0 Å². The molecule has 1 aromatic rings. The maximum Gasteiger partial charge on any atom is 0.305 e. The first kappa shape index (κ1) is 11.1. The lowest BCUT2D eigenvalue weighted by atomic mass is 10.2. The molecule has 0 aromatic heterocycles. The highest BCUT2D eigenvalue weighted by Crippen LogP contribution is 2.11. The second kappa shape index (κ2) is 5.66. The van der Waals surface area contributed by atoms with E-state index in [0.29, 0.717) is 24.5 Å². The van der Waals surface area contributed by atoms with Crippen LogP contribution in [0.25, 0.3) is 0 Å². The maximum atomic E-state index is 10.8. The van der Waals surface area contributed by atoms with E-state index in [2.05, 4.69) is 0 Å². The van der Waals surface area contributed by atoms with E-state index in [1.807, 2.05) is 24.3 Å². The van der Waals surface area contributed by atoms with Crippen molar-refractivity contribution in [3.63, 3.8) is 0 Å². The first-order chi connectivity index (χ1) is 6.72. The van der Waals surface area contributed by atoms with E-state index < -0.39 is 0 Å². The van der Waals surface area contributed by atoms with E-state index in [1.165, 1.54) is 0 Å². The van der Waals surface area contributed by atoms with Gasteiger partial charge in [-0.25, -0.2) is 0 Å². The van der Waals surface area contributed by atoms with Gasteiger partial charge in [0.1, 0.15) is 0 Å². The molecule has 0 unspecified atom stereocenters. The summed E-state index contributed by atoms with van der Waals surface area (Å²) in [6.07, 6.45) is 1.14. The van der Waals surface area contributed by atoms with E-state index in [4.69, 9.17) is 16.3 Å². The Bertz CT molecular complexity index is 310. The molecule has 1 aromatic carbocycles. The van der Waals surface area contributed by atoms with Crippen molar-refractivity contribution in [2.75, 3.05) is 6.61 Å². The van der Waals surface area contributed by atoms with Crippen LogP contribution < -0.4 is 0 Å². The molecule has 0 spiro atoms. The van der Waals surface area contributed by atoms with Crippen LogP contribution in [0.2, 0.25) is 5.02 Å². The second-order valence-electron chi connectivity index (χ2n) is 2.95. The molecule has 0 aliphatic carbocycles. The van der Waals surface area contributed by atoms with E-state index in [9.17, 15) is 4.79 Å². The SMILES string of the molecule is CCC(=O)OCCc1cccc(Cl)c1. The summed E-state index contributed by atoms with van der Waals surface area (Å²) in [6.45, 7) is 2.20. The van der Waals surface area contributed by atoms with Crippen molar-refractivity contribution >= 4 is 17.6 Å². The Morgan fingerprint density at radius 2 is 2.29 bits per heavy atom. The third-order valence-electron chi connectivity index (χ3n) is 1.83. The first-order valence-electron chi connectivity index (χ1n) is 4.62. The molecular weight excluding hydrogens is 200 g/mol. The van der Waals surface area contributed by atoms with Crippen molar-refractivity contribution in [3.8, 4) is 0 Å². The molecule has 0 N–H and O–H groups in total. The van der Waals surface area contributed by atoms with Gasteiger partial charge >= 0.3 is 5.97 Å². The molecule has 1 rings (SSSR count). The number of hydrogen-bond donors (Lipinski definition) is 0. The minimum atomic E-state index is -0.160. The molecule has 0 atom stereocenters. The molecule has 14 heavy (non-hydrogen) atoms. The van der Waals surface area contributed by atoms with E-state index in [-0.39, 0.29) is 5.97 Å². The zero-order valence-electron chi connectivity index (χ0n) is 8.13. The van der Waals surface area contributed by atoms with Crippen molar-refractivity contribution in [3.05, 3.63) is 34.9 Å². The van der Waals surface area contributed by atoms with Gasteiger partial charge in [0.15, 0.2) is 0 Å². The van der Waals surface area contributed by atoms with Crippen molar-refractivity contribution in [2.24, 2.45) is 0 Å². The average molecular weight is 213 g/mol. The van der Waals surface area contributed by atoms with Crippen LogP contribution in [0.4, 0.5) is 0 Å². The highest BCUT2D eigenvalue weighted by Gasteiger charge is 1.99. The van der Waals surface area contributed by atoms with Crippen LogP contribution in [0.15, 0.2) is 24.3 Å². The van der Waals surface area contributed by atoms with Crippen molar-refractivity contribution < 1.29 is 9.53 Å². The maximum absolute atomic E-state index is 10.8. The quantitative estimate of drug-likeness (QED) is 0.718. The van der Waals surface area contributed by atoms with Crippen molar-refractivity contribution in [1.82, 2.24) is 0 Å². The third kappa shape index (κ3) is 3.79. The van der Waals surface area contributed by atoms with E-state index >= 15 is 0 Å². The highest BCUT2D eigenvalue weighted by molar-refractivity contribution is 6.30. The normalized spacial score (nSPS) is 9.86. The fourth-order valence-electron chi connectivity index (χ4n) is 1.08. The van der Waals surface area contributed by atoms with Gasteiger partial charge in [-0.05, 0) is 17.7 Å². The summed E-state index contributed by atoms with van der Waals surface area (Å²) in [7, 11) is 0. The fourth-order valence-corrected chi connectivity index (χ4v) is 1.29. The lowest BCUT2D eigenvalue weighted by Gasteiger charge is -2.03. The van der Waals surface area contributed by atoms with E-state index in [0.717, 1.165) is 5.56 Å². The fraction of sp³-hybridized carbons (Fsp3) is 0.364. The molecule has 2 nitrogen and oxygen atoms in total. The molecule has 0 amide bonds. The van der Waals surface area contributed by atoms with Crippen LogP contribution >= 0.6 is 11.6 Å². The number of benzene rings is 1. The summed E-state index contributed by atoms with van der Waals surface area (Å²) in [6, 6.07) is 7.55. The number of rotatable bonds is 4. The molecule has 76 valence electrons. The molecule has 0 aliphatic heterocycles. The summed E-state index contributed by atoms with van der Waals surface area (Å²) >= 11 is 5.81. The summed E-state index contributed by atoms with van der Waals surface area (Å²) in [5.41, 5.74) is 1.08. The summed E-state index contributed by atoms with van der Waals surface area (Å²) in [5, 5.41) is 0.712. The molecule has 0 fully saturated rings. The predicted octanol–water partition coefficient (Wildman–Crippen LogP) is 2.84. The van der Waals surface area contributed by atoms with Gasteiger partial charge in [-0.15, -0.1) is 0 Å². The van der Waals surface area contributed by atoms with Crippen LogP contribution in [0.5, 0.6) is 0 Å². The molecule has 0 saturated carbocycles. The molecule has 0 saturated heterocycles. The van der Waals surface area contributed by atoms with Gasteiger partial charge in [0.25, 0.3) is 0 Å². The van der Waals surface area contributed by atoms with Crippen LogP contribution in [0.1, 0.15) is 18.9 Å². The Hall–Kier alpha value is -1.02. The molecule has 0 radical (unpaired) electrons. The second-order valence-corrected chi connectivity index (χ2v) is 3.39. The molecule has 0 bridgehead atoms. The summed E-state index contributed by atoms with van der Waals surface area (Å²) < 4.78 is 4.95. The van der Waals surface area contributed by atoms with Crippen LogP contribution in [0.3, 0.4) is 0 Å². The number of hydrogen-bond acceptors (Lipinski definition) is 2. The summed E-state index contributed by atoms with van der Waals surface area (Å²) in [5.74, 6) is -0.160. The smallest absolute Gasteiger partial charge is 0.305 e. The molecule has 3 heteroatoms. The highest BCUT2D eigenvalue weighted by atomic mass is 35.5. The largest absolute Gasteiger partial charge is 0.465 e. The van der Waals surface area contributed by atoms with Gasteiger partial charge in [0, 0.05) is 17.9 Å². The number of carbonyl (C=O) groups is 1. The molecule has 0 aliphatic rings. The first-order valence-corrected chi connectivity index (χ1v) is 5.00. The van der Waals surface area contributed by atoms with Crippen LogP contribution in [-0.2, 0) is 16.0 Å². The van der Waals surface area contributed by atoms with Gasteiger partial charge in [0.05, 0.1) is 6.61 Å². The van der Waals surface area contributed by atoms with Gasteiger partial charge in [-0.1, -0.05) is 30.7 Å². The Balaban J connectivity index is 2.35. The van der Waals surface area contributed by atoms with Crippen LogP contribution in [-0.4, -0.2) is 12.6 Å². The number of halogens is 1. The summed E-state index contributed by atoms with van der Waals surface area (Å²) in [4.78, 5) is 10.8. The van der Waals surface area contributed by atoms with E-state index in [1.54, 1.807) is 6.92 Å². The Morgan fingerprint density at radius 3 is 2.93 bits per heavy atom. The predicted molar refractivity (Wildman–Crippen MR) is 56.4 cm³/mol. The number of esters is 1.